The average molecular weight is 475 g/mol. The fourth-order valence-corrected chi connectivity index (χ4v) is 4.15. The third kappa shape index (κ3) is 4.79. The summed E-state index contributed by atoms with van der Waals surface area (Å²) in [5, 5.41) is 10.0. The van der Waals surface area contributed by atoms with Crippen molar-refractivity contribution in [1.29, 1.82) is 0 Å². The summed E-state index contributed by atoms with van der Waals surface area (Å²) in [4.78, 5) is 41.6. The molecule has 1 amide bonds. The van der Waals surface area contributed by atoms with Crippen LogP contribution in [0.15, 0.2) is 30.0 Å². The van der Waals surface area contributed by atoms with Gasteiger partial charge in [0.25, 0.3) is 0 Å². The number of β-lactam (4-membered cyclic amide) rings is 1. The van der Waals surface area contributed by atoms with Crippen LogP contribution in [0.5, 0.6) is 0 Å². The van der Waals surface area contributed by atoms with E-state index in [1.54, 1.807) is 27.7 Å². The van der Waals surface area contributed by atoms with Gasteiger partial charge >= 0.3 is 11.9 Å². The Morgan fingerprint density at radius 3 is 2.33 bits per heavy atom. The van der Waals surface area contributed by atoms with Crippen LogP contribution in [0.3, 0.4) is 0 Å². The molecule has 2 heterocycles. The highest BCUT2D eigenvalue weighted by atomic mass is 32.1. The van der Waals surface area contributed by atoms with E-state index in [1.165, 1.54) is 4.90 Å². The second kappa shape index (κ2) is 9.23. The summed E-state index contributed by atoms with van der Waals surface area (Å²) in [5.41, 5.74) is 1.65. The second-order valence-electron chi connectivity index (χ2n) is 9.58. The highest BCUT2D eigenvalue weighted by Gasteiger charge is 2.57. The Kier molecular flexibility index (Phi) is 6.95. The summed E-state index contributed by atoms with van der Waals surface area (Å²) in [6, 6.07) is 7.10. The molecule has 178 valence electrons. The first-order valence-electron chi connectivity index (χ1n) is 10.7. The molecule has 1 N–H and O–H groups in total. The standard InChI is InChI=1S/C24H30N2O6S/c1-13(27)18-17-11-16(14-7-9-15(10-8-14)21(33)25(5)6)19(26(17)20(18)28)22(29)31-12-32-23(30)24(2,3)4/h7-10,13,17-18,27H,11-12H2,1-6H3/t13-,17-,18-/m1/s1. The molecule has 9 heteroatoms. The minimum absolute atomic E-state index is 0.122. The van der Waals surface area contributed by atoms with Crippen molar-refractivity contribution in [1.82, 2.24) is 9.80 Å². The quantitative estimate of drug-likeness (QED) is 0.291. The van der Waals surface area contributed by atoms with Gasteiger partial charge in [-0.1, -0.05) is 36.5 Å². The lowest BCUT2D eigenvalue weighted by molar-refractivity contribution is -0.175. The number of ether oxygens (including phenoxy) is 2. The monoisotopic (exact) mass is 474 g/mol. The van der Waals surface area contributed by atoms with Gasteiger partial charge in [0.2, 0.25) is 12.7 Å². The van der Waals surface area contributed by atoms with Gasteiger partial charge in [0.15, 0.2) is 0 Å². The number of aliphatic hydroxyl groups is 1. The van der Waals surface area contributed by atoms with E-state index >= 15 is 0 Å². The molecular weight excluding hydrogens is 444 g/mol. The third-order valence-corrected chi connectivity index (χ3v) is 6.40. The number of carbonyl (C=O) groups is 3. The highest BCUT2D eigenvalue weighted by molar-refractivity contribution is 7.80. The molecule has 0 radical (unpaired) electrons. The Morgan fingerprint density at radius 1 is 1.21 bits per heavy atom. The van der Waals surface area contributed by atoms with Crippen molar-refractivity contribution >= 4 is 40.6 Å². The van der Waals surface area contributed by atoms with E-state index in [0.717, 1.165) is 11.1 Å². The van der Waals surface area contributed by atoms with Crippen LogP contribution in [0, 0.1) is 11.3 Å². The maximum absolute atomic E-state index is 13.0. The summed E-state index contributed by atoms with van der Waals surface area (Å²) in [5.74, 6) is -2.16. The van der Waals surface area contributed by atoms with Crippen molar-refractivity contribution in [3.05, 3.63) is 41.1 Å². The molecule has 0 aliphatic carbocycles. The molecule has 0 spiro atoms. The zero-order valence-electron chi connectivity index (χ0n) is 19.7. The molecule has 3 atom stereocenters. The van der Waals surface area contributed by atoms with E-state index in [1.807, 2.05) is 43.3 Å². The molecule has 1 saturated heterocycles. The number of aliphatic hydroxyl groups excluding tert-OH is 1. The zero-order valence-corrected chi connectivity index (χ0v) is 20.6. The van der Waals surface area contributed by atoms with Crippen molar-refractivity contribution in [2.45, 2.75) is 46.3 Å². The van der Waals surface area contributed by atoms with E-state index in [9.17, 15) is 19.5 Å². The minimum Gasteiger partial charge on any atom is -0.427 e. The molecule has 2 aliphatic rings. The molecule has 3 rings (SSSR count). The van der Waals surface area contributed by atoms with Gasteiger partial charge in [-0.05, 0) is 45.3 Å². The maximum atomic E-state index is 13.0. The van der Waals surface area contributed by atoms with E-state index < -0.39 is 36.2 Å². The molecule has 8 nitrogen and oxygen atoms in total. The van der Waals surface area contributed by atoms with Crippen LogP contribution in [0.25, 0.3) is 5.57 Å². The Balaban J connectivity index is 1.87. The molecular formula is C24H30N2O6S. The van der Waals surface area contributed by atoms with Crippen LogP contribution in [-0.2, 0) is 23.9 Å². The first-order valence-corrected chi connectivity index (χ1v) is 11.2. The number of esters is 2. The fraction of sp³-hybridized carbons (Fsp3) is 0.500. The van der Waals surface area contributed by atoms with Gasteiger partial charge in [0.05, 0.1) is 23.5 Å². The zero-order chi connectivity index (χ0) is 24.7. The number of hydrogen-bond acceptors (Lipinski definition) is 7. The summed E-state index contributed by atoms with van der Waals surface area (Å²) in [7, 11) is 3.73. The van der Waals surface area contributed by atoms with Gasteiger partial charge in [-0.15, -0.1) is 0 Å². The summed E-state index contributed by atoms with van der Waals surface area (Å²) >= 11 is 5.41. The molecule has 1 fully saturated rings. The van der Waals surface area contributed by atoms with Gasteiger partial charge in [-0.25, -0.2) is 4.79 Å². The number of fused-ring (bicyclic) bond motifs is 1. The number of amides is 1. The van der Waals surface area contributed by atoms with E-state index in [2.05, 4.69) is 0 Å². The number of nitrogens with zero attached hydrogens (tertiary/aromatic N) is 2. The smallest absolute Gasteiger partial charge is 0.358 e. The van der Waals surface area contributed by atoms with Crippen molar-refractivity contribution in [2.75, 3.05) is 20.9 Å². The summed E-state index contributed by atoms with van der Waals surface area (Å²) in [6.07, 6.45) is -0.423. The Hall–Kier alpha value is -2.78. The fourth-order valence-electron chi connectivity index (χ4n) is 4.01. The molecule has 0 aromatic heterocycles. The van der Waals surface area contributed by atoms with Crippen molar-refractivity contribution in [2.24, 2.45) is 11.3 Å². The summed E-state index contributed by atoms with van der Waals surface area (Å²) < 4.78 is 10.3. The average Bonchev–Trinajstić information content (AvgIpc) is 3.07. The van der Waals surface area contributed by atoms with Gasteiger partial charge < -0.3 is 24.4 Å². The van der Waals surface area contributed by atoms with Crippen molar-refractivity contribution in [3.63, 3.8) is 0 Å². The lowest BCUT2D eigenvalue weighted by Gasteiger charge is -2.44. The normalized spacial score (nSPS) is 20.7. The first-order chi connectivity index (χ1) is 15.3. The number of benzene rings is 1. The predicted octanol–water partition coefficient (Wildman–Crippen LogP) is 2.34. The Morgan fingerprint density at radius 2 is 1.82 bits per heavy atom. The van der Waals surface area contributed by atoms with Gasteiger partial charge in [-0.3, -0.25) is 9.59 Å². The van der Waals surface area contributed by atoms with Crippen molar-refractivity contribution in [3.8, 4) is 0 Å². The largest absolute Gasteiger partial charge is 0.427 e. The lowest BCUT2D eigenvalue weighted by atomic mass is 9.82. The van der Waals surface area contributed by atoms with Crippen LogP contribution in [0.1, 0.15) is 45.2 Å². The van der Waals surface area contributed by atoms with Crippen LogP contribution in [-0.4, -0.2) is 70.8 Å². The third-order valence-electron chi connectivity index (χ3n) is 5.80. The van der Waals surface area contributed by atoms with Crippen molar-refractivity contribution < 1.29 is 29.0 Å². The second-order valence-corrected chi connectivity index (χ2v) is 9.97. The first kappa shape index (κ1) is 24.9. The minimum atomic E-state index is -0.831. The number of rotatable bonds is 6. The van der Waals surface area contributed by atoms with Crippen LogP contribution < -0.4 is 0 Å². The number of hydrogen-bond donors (Lipinski definition) is 1. The Labute approximate surface area is 199 Å². The number of carbonyl (C=O) groups excluding carboxylic acids is 3. The van der Waals surface area contributed by atoms with E-state index in [4.69, 9.17) is 21.7 Å². The molecule has 1 aromatic carbocycles. The van der Waals surface area contributed by atoms with Crippen LogP contribution >= 0.6 is 12.2 Å². The van der Waals surface area contributed by atoms with Crippen LogP contribution in [0.4, 0.5) is 0 Å². The van der Waals surface area contributed by atoms with E-state index in [-0.39, 0.29) is 17.6 Å². The summed E-state index contributed by atoms with van der Waals surface area (Å²) in [6.45, 7) is 6.10. The molecule has 2 aliphatic heterocycles. The van der Waals surface area contributed by atoms with Gasteiger partial charge in [0.1, 0.15) is 10.7 Å². The molecule has 0 saturated carbocycles. The SMILES string of the molecule is C[C@@H](O)[C@H]1C(=O)N2C(C(=O)OCOC(=O)C(C)(C)C)=C(c3ccc(C(=S)N(C)C)cc3)C[C@H]12. The van der Waals surface area contributed by atoms with Gasteiger partial charge in [0, 0.05) is 19.7 Å². The maximum Gasteiger partial charge on any atom is 0.358 e. The predicted molar refractivity (Wildman–Crippen MR) is 126 cm³/mol. The topological polar surface area (TPSA) is 96.4 Å². The van der Waals surface area contributed by atoms with Gasteiger partial charge in [-0.2, -0.15) is 0 Å². The lowest BCUT2D eigenvalue weighted by Crippen LogP contribution is -2.61. The molecule has 0 bridgehead atoms. The Bertz CT molecular complexity index is 1010. The number of thiocarbonyl (C=S) groups is 1. The molecule has 0 unspecified atom stereocenters. The molecule has 1 aromatic rings. The van der Waals surface area contributed by atoms with E-state index in [0.29, 0.717) is 17.0 Å². The highest BCUT2D eigenvalue weighted by Crippen LogP contribution is 2.47. The molecule has 33 heavy (non-hydrogen) atoms. The van der Waals surface area contributed by atoms with Crippen LogP contribution in [0.2, 0.25) is 0 Å².